The van der Waals surface area contributed by atoms with Gasteiger partial charge in [-0.05, 0) is 53.7 Å². The molecule has 3 aromatic heterocycles. The zero-order chi connectivity index (χ0) is 26.7. The van der Waals surface area contributed by atoms with Crippen LogP contribution in [0.3, 0.4) is 0 Å². The molecule has 1 N–H and O–H groups in total. The van der Waals surface area contributed by atoms with E-state index >= 15 is 0 Å². The number of carbonyl (C=O) groups is 1. The van der Waals surface area contributed by atoms with Gasteiger partial charge in [0.2, 0.25) is 0 Å². The van der Waals surface area contributed by atoms with Crippen LogP contribution in [-0.4, -0.2) is 25.3 Å². The molecule has 0 aliphatic heterocycles. The van der Waals surface area contributed by atoms with Crippen LogP contribution in [0.25, 0.3) is 5.52 Å². The molecular formula is C27H17F4N3O3. The molecule has 3 heterocycles. The molecule has 1 atom stereocenters. The lowest BCUT2D eigenvalue weighted by Crippen LogP contribution is -2.23. The van der Waals surface area contributed by atoms with Crippen molar-refractivity contribution in [1.82, 2.24) is 14.2 Å². The fourth-order valence-corrected chi connectivity index (χ4v) is 3.91. The average Bonchev–Trinajstić information content (AvgIpc) is 3.30. The molecule has 1 aromatic carbocycles. The maximum Gasteiger partial charge on any atom is 0.337 e. The van der Waals surface area contributed by atoms with E-state index in [1.54, 1.807) is 6.07 Å². The van der Waals surface area contributed by atoms with Gasteiger partial charge in [0, 0.05) is 37.3 Å². The Morgan fingerprint density at radius 1 is 1.08 bits per heavy atom. The summed E-state index contributed by atoms with van der Waals surface area (Å²) < 4.78 is 57.8. The van der Waals surface area contributed by atoms with Crippen LogP contribution in [-0.2, 0) is 7.05 Å². The Morgan fingerprint density at radius 2 is 1.86 bits per heavy atom. The third kappa shape index (κ3) is 5.09. The smallest absolute Gasteiger partial charge is 0.337 e. The summed E-state index contributed by atoms with van der Waals surface area (Å²) in [5.74, 6) is 6.44. The molecule has 186 valence electrons. The molecule has 0 fully saturated rings. The van der Waals surface area contributed by atoms with Crippen molar-refractivity contribution in [2.45, 2.75) is 18.8 Å². The Hall–Kier alpha value is -4.83. The second-order valence-corrected chi connectivity index (χ2v) is 7.96. The van der Waals surface area contributed by atoms with Crippen LogP contribution in [0.5, 0.6) is 0 Å². The van der Waals surface area contributed by atoms with Gasteiger partial charge in [-0.2, -0.15) is 5.10 Å². The Bertz CT molecular complexity index is 1700. The SMILES string of the molecule is Cn1cccc(C(CC#CC#Cc2c(C(=O)O)ccn3ncc(C(F)F)c23)c2cc(F)ccc2F)c1=O. The molecule has 0 bridgehead atoms. The quantitative estimate of drug-likeness (QED) is 0.318. The Labute approximate surface area is 207 Å². The summed E-state index contributed by atoms with van der Waals surface area (Å²) in [5, 5.41) is 13.3. The normalized spacial score (nSPS) is 11.5. The second-order valence-electron chi connectivity index (χ2n) is 7.96. The number of hydrogen-bond donors (Lipinski definition) is 1. The highest BCUT2D eigenvalue weighted by Crippen LogP contribution is 2.29. The predicted octanol–water partition coefficient (Wildman–Crippen LogP) is 4.52. The fraction of sp³-hybridized carbons (Fsp3) is 0.148. The molecule has 0 aliphatic rings. The molecule has 4 aromatic rings. The molecular weight excluding hydrogens is 490 g/mol. The van der Waals surface area contributed by atoms with Gasteiger partial charge in [-0.25, -0.2) is 26.9 Å². The van der Waals surface area contributed by atoms with Crippen LogP contribution in [0.1, 0.15) is 51.4 Å². The van der Waals surface area contributed by atoms with E-state index in [1.807, 2.05) is 0 Å². The lowest BCUT2D eigenvalue weighted by atomic mass is 9.89. The van der Waals surface area contributed by atoms with Gasteiger partial charge in [0.15, 0.2) is 0 Å². The summed E-state index contributed by atoms with van der Waals surface area (Å²) in [6.07, 6.45) is 0.649. The standard InChI is InChI=1S/C27H17F4N3O3/c1-33-12-5-8-19(26(33)35)17(21-14-16(28)9-10-23(21)29)6-3-2-4-7-18-20(27(36)37)11-13-34-24(18)22(15-32-34)25(30)31/h5,8-15,17,25H,6H2,1H3,(H,36,37). The minimum Gasteiger partial charge on any atom is -0.478 e. The number of pyridine rings is 2. The predicted molar refractivity (Wildman–Crippen MR) is 126 cm³/mol. The monoisotopic (exact) mass is 507 g/mol. The first kappa shape index (κ1) is 25.3. The molecule has 10 heteroatoms. The number of carboxylic acid groups (broad SMARTS) is 1. The Morgan fingerprint density at radius 3 is 2.59 bits per heavy atom. The molecule has 4 rings (SSSR count). The van der Waals surface area contributed by atoms with E-state index in [9.17, 15) is 32.3 Å². The molecule has 0 spiro atoms. The first-order valence-electron chi connectivity index (χ1n) is 10.8. The van der Waals surface area contributed by atoms with Gasteiger partial charge in [-0.15, -0.1) is 0 Å². The van der Waals surface area contributed by atoms with Crippen LogP contribution >= 0.6 is 0 Å². The molecule has 0 radical (unpaired) electrons. The van der Waals surface area contributed by atoms with Gasteiger partial charge in [-0.1, -0.05) is 12.0 Å². The van der Waals surface area contributed by atoms with Crippen LogP contribution < -0.4 is 5.56 Å². The van der Waals surface area contributed by atoms with Crippen molar-refractivity contribution >= 4 is 11.5 Å². The number of carboxylic acids is 1. The second kappa shape index (κ2) is 10.4. The van der Waals surface area contributed by atoms with E-state index in [-0.39, 0.29) is 34.2 Å². The maximum absolute atomic E-state index is 14.6. The number of aryl methyl sites for hydroxylation is 1. The van der Waals surface area contributed by atoms with Gasteiger partial charge in [0.1, 0.15) is 11.6 Å². The zero-order valence-corrected chi connectivity index (χ0v) is 19.2. The van der Waals surface area contributed by atoms with Crippen LogP contribution in [0.4, 0.5) is 17.6 Å². The lowest BCUT2D eigenvalue weighted by Gasteiger charge is -2.16. The number of alkyl halides is 2. The molecule has 0 aliphatic carbocycles. The van der Waals surface area contributed by atoms with E-state index in [0.717, 1.165) is 28.9 Å². The highest BCUT2D eigenvalue weighted by Gasteiger charge is 2.22. The highest BCUT2D eigenvalue weighted by molar-refractivity contribution is 5.94. The summed E-state index contributed by atoms with van der Waals surface area (Å²) in [6.45, 7) is 0. The summed E-state index contributed by atoms with van der Waals surface area (Å²) in [5.41, 5.74) is -1.43. The number of fused-ring (bicyclic) bond motifs is 1. The number of aromatic nitrogens is 3. The maximum atomic E-state index is 14.6. The Balaban J connectivity index is 1.76. The van der Waals surface area contributed by atoms with Crippen molar-refractivity contribution in [3.05, 3.63) is 105 Å². The van der Waals surface area contributed by atoms with E-state index in [2.05, 4.69) is 28.8 Å². The largest absolute Gasteiger partial charge is 0.478 e. The first-order chi connectivity index (χ1) is 17.7. The number of halogens is 4. The molecule has 1 unspecified atom stereocenters. The molecule has 0 saturated heterocycles. The van der Waals surface area contributed by atoms with Crippen molar-refractivity contribution in [2.75, 3.05) is 0 Å². The molecule has 37 heavy (non-hydrogen) atoms. The van der Waals surface area contributed by atoms with Crippen molar-refractivity contribution in [2.24, 2.45) is 7.05 Å². The molecule has 6 nitrogen and oxygen atoms in total. The van der Waals surface area contributed by atoms with E-state index < -0.39 is 41.1 Å². The summed E-state index contributed by atoms with van der Waals surface area (Å²) in [6, 6.07) is 7.18. The van der Waals surface area contributed by atoms with Gasteiger partial charge >= 0.3 is 5.97 Å². The minimum absolute atomic E-state index is 0.0654. The van der Waals surface area contributed by atoms with E-state index in [4.69, 9.17) is 0 Å². The third-order valence-electron chi connectivity index (χ3n) is 5.68. The average molecular weight is 507 g/mol. The van der Waals surface area contributed by atoms with Crippen molar-refractivity contribution < 1.29 is 27.5 Å². The minimum atomic E-state index is -2.91. The van der Waals surface area contributed by atoms with Gasteiger partial charge in [0.05, 0.1) is 28.4 Å². The molecule has 0 saturated carbocycles. The fourth-order valence-electron chi connectivity index (χ4n) is 3.91. The van der Waals surface area contributed by atoms with Crippen LogP contribution in [0.2, 0.25) is 0 Å². The van der Waals surface area contributed by atoms with Crippen LogP contribution in [0.15, 0.2) is 59.8 Å². The number of benzene rings is 1. The number of hydrogen-bond acceptors (Lipinski definition) is 3. The molecule has 0 amide bonds. The summed E-state index contributed by atoms with van der Waals surface area (Å²) in [4.78, 5) is 24.3. The summed E-state index contributed by atoms with van der Waals surface area (Å²) in [7, 11) is 1.52. The number of nitrogens with zero attached hydrogens (tertiary/aromatic N) is 3. The van der Waals surface area contributed by atoms with Gasteiger partial charge in [0.25, 0.3) is 12.0 Å². The lowest BCUT2D eigenvalue weighted by molar-refractivity contribution is 0.0696. The third-order valence-corrected chi connectivity index (χ3v) is 5.68. The number of rotatable bonds is 5. The topological polar surface area (TPSA) is 76.6 Å². The number of aromatic carboxylic acids is 1. The van der Waals surface area contributed by atoms with Gasteiger partial charge < -0.3 is 9.67 Å². The van der Waals surface area contributed by atoms with E-state index in [1.165, 1.54) is 36.1 Å². The van der Waals surface area contributed by atoms with E-state index in [0.29, 0.717) is 0 Å². The highest BCUT2D eigenvalue weighted by atomic mass is 19.3. The zero-order valence-electron chi connectivity index (χ0n) is 19.2. The van der Waals surface area contributed by atoms with Crippen LogP contribution in [0, 0.1) is 35.3 Å². The Kier molecular flexibility index (Phi) is 7.12. The van der Waals surface area contributed by atoms with Gasteiger partial charge in [-0.3, -0.25) is 4.79 Å². The van der Waals surface area contributed by atoms with Crippen molar-refractivity contribution in [3.8, 4) is 23.7 Å². The van der Waals surface area contributed by atoms with Crippen molar-refractivity contribution in [1.29, 1.82) is 0 Å². The first-order valence-corrected chi connectivity index (χ1v) is 10.8. The summed E-state index contributed by atoms with van der Waals surface area (Å²) >= 11 is 0. The van der Waals surface area contributed by atoms with Crippen molar-refractivity contribution in [3.63, 3.8) is 0 Å².